The molecule has 1 aromatic carbocycles. The number of aliphatic hydroxyl groups is 1. The van der Waals surface area contributed by atoms with Crippen molar-refractivity contribution in [3.8, 4) is 0 Å². The molecule has 0 saturated carbocycles. The van der Waals surface area contributed by atoms with E-state index in [0.29, 0.717) is 13.0 Å². The molecule has 1 atom stereocenters. The molecule has 0 spiro atoms. The molecule has 20 heavy (non-hydrogen) atoms. The van der Waals surface area contributed by atoms with Crippen molar-refractivity contribution in [2.24, 2.45) is 5.73 Å². The van der Waals surface area contributed by atoms with E-state index in [1.54, 1.807) is 6.92 Å². The summed E-state index contributed by atoms with van der Waals surface area (Å²) in [6, 6.07) is 7.54. The normalized spacial score (nSPS) is 13.7. The number of carbonyl (C=O) groups excluding carboxylic acids is 1. The zero-order chi connectivity index (χ0) is 15.2. The number of rotatable bonds is 7. The van der Waals surface area contributed by atoms with Gasteiger partial charge in [-0.05, 0) is 44.5 Å². The number of benzene rings is 1. The maximum Gasteiger partial charge on any atom is 0.244 e. The van der Waals surface area contributed by atoms with Crippen LogP contribution in [0.3, 0.4) is 0 Å². The molecule has 5 heteroatoms. The molecule has 0 fully saturated rings. The number of anilines is 2. The Morgan fingerprint density at radius 1 is 1.35 bits per heavy atom. The van der Waals surface area contributed by atoms with Gasteiger partial charge in [0.05, 0.1) is 12.1 Å². The Bertz CT molecular complexity index is 429. The molecule has 4 N–H and O–H groups in total. The van der Waals surface area contributed by atoms with Gasteiger partial charge < -0.3 is 21.1 Å². The summed E-state index contributed by atoms with van der Waals surface area (Å²) in [4.78, 5) is 14.0. The SMILES string of the molecule is CCN(CCO)c1ccc(NC(=O)C(C)(N)CC)cc1. The molecule has 0 aromatic heterocycles. The lowest BCUT2D eigenvalue weighted by atomic mass is 9.99. The highest BCUT2D eigenvalue weighted by atomic mass is 16.3. The summed E-state index contributed by atoms with van der Waals surface area (Å²) >= 11 is 0. The van der Waals surface area contributed by atoms with Crippen molar-refractivity contribution in [2.75, 3.05) is 29.9 Å². The summed E-state index contributed by atoms with van der Waals surface area (Å²) < 4.78 is 0. The molecule has 1 rings (SSSR count). The average Bonchev–Trinajstić information content (AvgIpc) is 2.45. The number of likely N-dealkylation sites (N-methyl/N-ethyl adjacent to an activating group) is 1. The molecule has 0 aliphatic carbocycles. The Hall–Kier alpha value is -1.59. The minimum absolute atomic E-state index is 0.119. The van der Waals surface area contributed by atoms with Gasteiger partial charge in [-0.3, -0.25) is 4.79 Å². The van der Waals surface area contributed by atoms with E-state index in [2.05, 4.69) is 10.2 Å². The summed E-state index contributed by atoms with van der Waals surface area (Å²) in [6.07, 6.45) is 0.580. The first-order valence-electron chi connectivity index (χ1n) is 7.00. The second-order valence-corrected chi connectivity index (χ2v) is 5.08. The lowest BCUT2D eigenvalue weighted by Gasteiger charge is -2.23. The van der Waals surface area contributed by atoms with Crippen LogP contribution in [0.2, 0.25) is 0 Å². The first-order valence-corrected chi connectivity index (χ1v) is 7.00. The van der Waals surface area contributed by atoms with Gasteiger partial charge in [0.2, 0.25) is 5.91 Å². The van der Waals surface area contributed by atoms with Crippen LogP contribution in [0.5, 0.6) is 0 Å². The fourth-order valence-electron chi connectivity index (χ4n) is 1.78. The van der Waals surface area contributed by atoms with Gasteiger partial charge in [-0.15, -0.1) is 0 Å². The van der Waals surface area contributed by atoms with Crippen molar-refractivity contribution in [2.45, 2.75) is 32.7 Å². The molecular weight excluding hydrogens is 254 g/mol. The Morgan fingerprint density at radius 2 is 1.95 bits per heavy atom. The highest BCUT2D eigenvalue weighted by Gasteiger charge is 2.25. The van der Waals surface area contributed by atoms with Gasteiger partial charge in [0, 0.05) is 24.5 Å². The number of amides is 1. The van der Waals surface area contributed by atoms with Crippen LogP contribution in [0, 0.1) is 0 Å². The van der Waals surface area contributed by atoms with Crippen LogP contribution in [-0.2, 0) is 4.79 Å². The molecule has 0 bridgehead atoms. The van der Waals surface area contributed by atoms with Gasteiger partial charge >= 0.3 is 0 Å². The quantitative estimate of drug-likeness (QED) is 0.708. The molecule has 1 unspecified atom stereocenters. The highest BCUT2D eigenvalue weighted by Crippen LogP contribution is 2.18. The van der Waals surface area contributed by atoms with E-state index in [-0.39, 0.29) is 12.5 Å². The number of hydrogen-bond donors (Lipinski definition) is 3. The van der Waals surface area contributed by atoms with Crippen molar-refractivity contribution >= 4 is 17.3 Å². The topological polar surface area (TPSA) is 78.6 Å². The summed E-state index contributed by atoms with van der Waals surface area (Å²) in [5.41, 5.74) is 6.79. The predicted octanol–water partition coefficient (Wildman–Crippen LogP) is 1.57. The fourth-order valence-corrected chi connectivity index (χ4v) is 1.78. The second-order valence-electron chi connectivity index (χ2n) is 5.08. The molecule has 0 radical (unpaired) electrons. The smallest absolute Gasteiger partial charge is 0.244 e. The summed E-state index contributed by atoms with van der Waals surface area (Å²) in [5.74, 6) is -0.185. The van der Waals surface area contributed by atoms with Crippen LogP contribution < -0.4 is 16.0 Å². The molecule has 0 aliphatic rings. The Morgan fingerprint density at radius 3 is 2.40 bits per heavy atom. The molecule has 1 amide bonds. The summed E-state index contributed by atoms with van der Waals surface area (Å²) in [7, 11) is 0. The predicted molar refractivity (Wildman–Crippen MR) is 82.9 cm³/mol. The summed E-state index contributed by atoms with van der Waals surface area (Å²) in [5, 5.41) is 11.8. The van der Waals surface area contributed by atoms with E-state index in [4.69, 9.17) is 10.8 Å². The van der Waals surface area contributed by atoms with Gasteiger partial charge in [-0.2, -0.15) is 0 Å². The molecule has 0 heterocycles. The average molecular weight is 279 g/mol. The largest absolute Gasteiger partial charge is 0.395 e. The first-order chi connectivity index (χ1) is 9.44. The minimum Gasteiger partial charge on any atom is -0.395 e. The number of nitrogens with one attached hydrogen (secondary N) is 1. The van der Waals surface area contributed by atoms with Gasteiger partial charge in [0.25, 0.3) is 0 Å². The second kappa shape index (κ2) is 7.26. The van der Waals surface area contributed by atoms with Crippen LogP contribution >= 0.6 is 0 Å². The zero-order valence-corrected chi connectivity index (χ0v) is 12.5. The number of carbonyl (C=O) groups is 1. The van der Waals surface area contributed by atoms with Crippen molar-refractivity contribution in [3.05, 3.63) is 24.3 Å². The van der Waals surface area contributed by atoms with Gasteiger partial charge in [-0.25, -0.2) is 0 Å². The standard InChI is InChI=1S/C15H25N3O2/c1-4-15(3,16)14(20)17-12-6-8-13(9-7-12)18(5-2)10-11-19/h6-9,19H,4-5,10-11,16H2,1-3H3,(H,17,20). The molecule has 0 saturated heterocycles. The third kappa shape index (κ3) is 4.21. The minimum atomic E-state index is -0.856. The Labute approximate surface area is 120 Å². The van der Waals surface area contributed by atoms with E-state index < -0.39 is 5.54 Å². The maximum atomic E-state index is 12.0. The van der Waals surface area contributed by atoms with Crippen LogP contribution in [0.4, 0.5) is 11.4 Å². The summed E-state index contributed by atoms with van der Waals surface area (Å²) in [6.45, 7) is 7.18. The molecule has 0 aliphatic heterocycles. The number of nitrogens with two attached hydrogens (primary N) is 1. The van der Waals surface area contributed by atoms with Crippen LogP contribution in [0.1, 0.15) is 27.2 Å². The van der Waals surface area contributed by atoms with Crippen LogP contribution in [0.15, 0.2) is 24.3 Å². The molecule has 1 aromatic rings. The van der Waals surface area contributed by atoms with Crippen molar-refractivity contribution in [1.29, 1.82) is 0 Å². The lowest BCUT2D eigenvalue weighted by Crippen LogP contribution is -2.47. The third-order valence-electron chi connectivity index (χ3n) is 3.50. The Balaban J connectivity index is 2.74. The van der Waals surface area contributed by atoms with Crippen molar-refractivity contribution < 1.29 is 9.90 Å². The molecule has 5 nitrogen and oxygen atoms in total. The van der Waals surface area contributed by atoms with E-state index >= 15 is 0 Å². The molecular formula is C15H25N3O2. The fraction of sp³-hybridized carbons (Fsp3) is 0.533. The number of aliphatic hydroxyl groups excluding tert-OH is 1. The monoisotopic (exact) mass is 279 g/mol. The van der Waals surface area contributed by atoms with Crippen molar-refractivity contribution in [1.82, 2.24) is 0 Å². The van der Waals surface area contributed by atoms with E-state index in [9.17, 15) is 4.79 Å². The van der Waals surface area contributed by atoms with Crippen LogP contribution in [-0.4, -0.2) is 36.2 Å². The number of hydrogen-bond acceptors (Lipinski definition) is 4. The molecule has 112 valence electrons. The van der Waals surface area contributed by atoms with E-state index in [0.717, 1.165) is 17.9 Å². The van der Waals surface area contributed by atoms with Gasteiger partial charge in [0.15, 0.2) is 0 Å². The zero-order valence-electron chi connectivity index (χ0n) is 12.5. The third-order valence-corrected chi connectivity index (χ3v) is 3.50. The van der Waals surface area contributed by atoms with E-state index in [1.807, 2.05) is 38.1 Å². The van der Waals surface area contributed by atoms with E-state index in [1.165, 1.54) is 0 Å². The van der Waals surface area contributed by atoms with Gasteiger partial charge in [0.1, 0.15) is 0 Å². The Kier molecular flexibility index (Phi) is 5.98. The lowest BCUT2D eigenvalue weighted by molar-refractivity contribution is -0.120. The van der Waals surface area contributed by atoms with Crippen molar-refractivity contribution in [3.63, 3.8) is 0 Å². The number of nitrogens with zero attached hydrogens (tertiary/aromatic N) is 1. The first kappa shape index (κ1) is 16.5. The van der Waals surface area contributed by atoms with Gasteiger partial charge in [-0.1, -0.05) is 6.92 Å². The maximum absolute atomic E-state index is 12.0. The highest BCUT2D eigenvalue weighted by molar-refractivity contribution is 5.97. The van der Waals surface area contributed by atoms with Crippen LogP contribution in [0.25, 0.3) is 0 Å².